The highest BCUT2D eigenvalue weighted by Gasteiger charge is 2.19. The average molecular weight is 364 g/mol. The van der Waals surface area contributed by atoms with Crippen LogP contribution in [0, 0.1) is 10.1 Å². The maximum atomic E-state index is 12.1. The van der Waals surface area contributed by atoms with Gasteiger partial charge in [-0.2, -0.15) is 0 Å². The molecule has 0 fully saturated rings. The number of non-ortho nitro benzene ring substituents is 1. The van der Waals surface area contributed by atoms with Gasteiger partial charge in [0.15, 0.2) is 12.7 Å². The van der Waals surface area contributed by atoms with Crippen LogP contribution in [0.2, 0.25) is 5.02 Å². The van der Waals surface area contributed by atoms with Gasteiger partial charge in [-0.05, 0) is 43.3 Å². The van der Waals surface area contributed by atoms with Gasteiger partial charge in [0.25, 0.3) is 5.69 Å². The molecule has 7 nitrogen and oxygen atoms in total. The van der Waals surface area contributed by atoms with E-state index in [1.54, 1.807) is 24.3 Å². The average Bonchev–Trinajstić information content (AvgIpc) is 2.60. The van der Waals surface area contributed by atoms with E-state index >= 15 is 0 Å². The van der Waals surface area contributed by atoms with Crippen molar-refractivity contribution in [2.75, 3.05) is 6.61 Å². The molecule has 0 saturated carbocycles. The van der Waals surface area contributed by atoms with Crippen LogP contribution in [-0.2, 0) is 9.53 Å². The number of benzene rings is 2. The Kier molecular flexibility index (Phi) is 6.08. The molecule has 1 atom stereocenters. The standard InChI is InChI=1S/C17H14ClNO6/c1-11(17(21)12-2-4-13(18)5-3-12)25-16(20)10-24-15-8-6-14(7-9-15)19(22)23/h2-9,11H,10H2,1H3/t11-/m1/s1. The summed E-state index contributed by atoms with van der Waals surface area (Å²) in [4.78, 5) is 33.9. The minimum atomic E-state index is -0.978. The zero-order valence-corrected chi connectivity index (χ0v) is 13.9. The Hall–Kier alpha value is -2.93. The molecule has 0 spiro atoms. The number of nitro benzene ring substituents is 1. The van der Waals surface area contributed by atoms with Gasteiger partial charge in [-0.1, -0.05) is 11.6 Å². The highest BCUT2D eigenvalue weighted by molar-refractivity contribution is 6.30. The van der Waals surface area contributed by atoms with E-state index in [2.05, 4.69) is 0 Å². The molecule has 0 saturated heterocycles. The normalized spacial score (nSPS) is 11.4. The van der Waals surface area contributed by atoms with E-state index in [9.17, 15) is 19.7 Å². The van der Waals surface area contributed by atoms with Crippen LogP contribution in [0.25, 0.3) is 0 Å². The van der Waals surface area contributed by atoms with Crippen molar-refractivity contribution < 1.29 is 24.0 Å². The fourth-order valence-corrected chi connectivity index (χ4v) is 2.07. The lowest BCUT2D eigenvalue weighted by Crippen LogP contribution is -2.27. The van der Waals surface area contributed by atoms with Gasteiger partial charge in [-0.25, -0.2) is 4.79 Å². The molecule has 0 bridgehead atoms. The van der Waals surface area contributed by atoms with Gasteiger partial charge in [-0.3, -0.25) is 14.9 Å². The van der Waals surface area contributed by atoms with Crippen molar-refractivity contribution in [1.29, 1.82) is 0 Å². The fourth-order valence-electron chi connectivity index (χ4n) is 1.94. The molecule has 8 heteroatoms. The summed E-state index contributed by atoms with van der Waals surface area (Å²) in [6.45, 7) is 1.04. The predicted molar refractivity (Wildman–Crippen MR) is 89.9 cm³/mol. The minimum absolute atomic E-state index is 0.0860. The van der Waals surface area contributed by atoms with Gasteiger partial charge in [0.1, 0.15) is 5.75 Å². The van der Waals surface area contributed by atoms with E-state index in [0.717, 1.165) is 0 Å². The molecule has 2 aromatic rings. The van der Waals surface area contributed by atoms with Gasteiger partial charge in [0.05, 0.1) is 4.92 Å². The van der Waals surface area contributed by atoms with Crippen molar-refractivity contribution in [1.82, 2.24) is 0 Å². The molecule has 0 radical (unpaired) electrons. The molecular formula is C17H14ClNO6. The number of Topliss-reactive ketones (excluding diaryl/α,β-unsaturated/α-hetero) is 1. The Bertz CT molecular complexity index is 773. The number of rotatable bonds is 7. The maximum absolute atomic E-state index is 12.1. The number of halogens is 1. The number of nitro groups is 1. The first-order valence-electron chi connectivity index (χ1n) is 7.23. The number of carbonyl (C=O) groups is 2. The number of hydrogen-bond acceptors (Lipinski definition) is 6. The van der Waals surface area contributed by atoms with E-state index in [0.29, 0.717) is 10.6 Å². The first kappa shape index (κ1) is 18.4. The summed E-state index contributed by atoms with van der Waals surface area (Å²) in [5, 5.41) is 11.0. The van der Waals surface area contributed by atoms with E-state index in [-0.39, 0.29) is 17.2 Å². The van der Waals surface area contributed by atoms with Gasteiger partial charge in [-0.15, -0.1) is 0 Å². The summed E-state index contributed by atoms with van der Waals surface area (Å²) in [5.74, 6) is -0.812. The fraction of sp³-hybridized carbons (Fsp3) is 0.176. The van der Waals surface area contributed by atoms with Crippen LogP contribution in [0.4, 0.5) is 5.69 Å². The van der Waals surface area contributed by atoms with Crippen LogP contribution in [-0.4, -0.2) is 29.4 Å². The molecule has 0 heterocycles. The predicted octanol–water partition coefficient (Wildman–Crippen LogP) is 3.44. The highest BCUT2D eigenvalue weighted by atomic mass is 35.5. The second-order valence-corrected chi connectivity index (χ2v) is 5.48. The van der Waals surface area contributed by atoms with Gasteiger partial charge in [0.2, 0.25) is 5.78 Å². The third-order valence-corrected chi connectivity index (χ3v) is 3.46. The molecule has 0 amide bonds. The summed E-state index contributed by atoms with van der Waals surface area (Å²) in [5.41, 5.74) is 0.290. The summed E-state index contributed by atoms with van der Waals surface area (Å²) >= 11 is 5.76. The van der Waals surface area contributed by atoms with Crippen LogP contribution in [0.3, 0.4) is 0 Å². The number of hydrogen-bond donors (Lipinski definition) is 0. The molecule has 0 N–H and O–H groups in total. The van der Waals surface area contributed by atoms with Crippen molar-refractivity contribution in [3.05, 3.63) is 69.2 Å². The van der Waals surface area contributed by atoms with Crippen LogP contribution in [0.5, 0.6) is 5.75 Å². The van der Waals surface area contributed by atoms with E-state index in [4.69, 9.17) is 21.1 Å². The first-order valence-corrected chi connectivity index (χ1v) is 7.61. The minimum Gasteiger partial charge on any atom is -0.482 e. The zero-order valence-electron chi connectivity index (χ0n) is 13.2. The molecule has 130 valence electrons. The molecule has 0 aliphatic heterocycles. The second-order valence-electron chi connectivity index (χ2n) is 5.04. The summed E-state index contributed by atoms with van der Waals surface area (Å²) in [6.07, 6.45) is -0.978. The number of esters is 1. The molecule has 2 aromatic carbocycles. The summed E-state index contributed by atoms with van der Waals surface area (Å²) in [7, 11) is 0. The molecule has 0 aliphatic rings. The Labute approximate surface area is 148 Å². The Morgan fingerprint density at radius 3 is 2.28 bits per heavy atom. The third-order valence-electron chi connectivity index (χ3n) is 3.21. The lowest BCUT2D eigenvalue weighted by atomic mass is 10.1. The van der Waals surface area contributed by atoms with Gasteiger partial charge < -0.3 is 9.47 Å². The number of ether oxygens (including phenoxy) is 2. The molecule has 0 aliphatic carbocycles. The van der Waals surface area contributed by atoms with E-state index in [1.165, 1.54) is 31.2 Å². The highest BCUT2D eigenvalue weighted by Crippen LogP contribution is 2.17. The van der Waals surface area contributed by atoms with Crippen LogP contribution < -0.4 is 4.74 Å². The number of nitrogens with zero attached hydrogens (tertiary/aromatic N) is 1. The second kappa shape index (κ2) is 8.25. The van der Waals surface area contributed by atoms with Crippen molar-refractivity contribution in [2.24, 2.45) is 0 Å². The van der Waals surface area contributed by atoms with Crippen molar-refractivity contribution >= 4 is 29.0 Å². The molecular weight excluding hydrogens is 350 g/mol. The maximum Gasteiger partial charge on any atom is 0.344 e. The first-order chi connectivity index (χ1) is 11.9. The lowest BCUT2D eigenvalue weighted by molar-refractivity contribution is -0.384. The summed E-state index contributed by atoms with van der Waals surface area (Å²) in [6, 6.07) is 11.5. The van der Waals surface area contributed by atoms with Crippen molar-refractivity contribution in [3.63, 3.8) is 0 Å². The van der Waals surface area contributed by atoms with E-state index in [1.807, 2.05) is 0 Å². The van der Waals surface area contributed by atoms with Gasteiger partial charge >= 0.3 is 5.97 Å². The number of ketones is 1. The Morgan fingerprint density at radius 1 is 1.12 bits per heavy atom. The van der Waals surface area contributed by atoms with E-state index < -0.39 is 23.6 Å². The SMILES string of the molecule is C[C@@H](OC(=O)COc1ccc([N+](=O)[O-])cc1)C(=O)c1ccc(Cl)cc1. The topological polar surface area (TPSA) is 95.7 Å². The Morgan fingerprint density at radius 2 is 1.72 bits per heavy atom. The van der Waals surface area contributed by atoms with Crippen LogP contribution >= 0.6 is 11.6 Å². The van der Waals surface area contributed by atoms with Crippen molar-refractivity contribution in [3.8, 4) is 5.75 Å². The van der Waals surface area contributed by atoms with Crippen molar-refractivity contribution in [2.45, 2.75) is 13.0 Å². The third kappa shape index (κ3) is 5.29. The summed E-state index contributed by atoms with van der Waals surface area (Å²) < 4.78 is 10.2. The molecule has 2 rings (SSSR count). The van der Waals surface area contributed by atoms with Crippen LogP contribution in [0.1, 0.15) is 17.3 Å². The Balaban J connectivity index is 1.85. The molecule has 25 heavy (non-hydrogen) atoms. The molecule has 0 aromatic heterocycles. The smallest absolute Gasteiger partial charge is 0.344 e. The largest absolute Gasteiger partial charge is 0.482 e. The molecule has 0 unspecified atom stereocenters. The zero-order chi connectivity index (χ0) is 18.4. The number of carbonyl (C=O) groups excluding carboxylic acids is 2. The van der Waals surface area contributed by atoms with Gasteiger partial charge in [0, 0.05) is 22.7 Å². The lowest BCUT2D eigenvalue weighted by Gasteiger charge is -2.13. The quantitative estimate of drug-likeness (QED) is 0.323. The monoisotopic (exact) mass is 363 g/mol. The van der Waals surface area contributed by atoms with Crippen LogP contribution in [0.15, 0.2) is 48.5 Å².